The molecular weight excluding hydrogens is 414 g/mol. The lowest BCUT2D eigenvalue weighted by atomic mass is 10.1. The van der Waals surface area contributed by atoms with Crippen LogP contribution in [-0.4, -0.2) is 18.0 Å². The lowest BCUT2D eigenvalue weighted by molar-refractivity contribution is -0.136. The van der Waals surface area contributed by atoms with Crippen LogP contribution in [0.2, 0.25) is 5.02 Å². The molecule has 3 aromatic rings. The molecule has 0 atom stereocenters. The Kier molecular flexibility index (Phi) is 7.40. The number of amides is 2. The van der Waals surface area contributed by atoms with Crippen molar-refractivity contribution in [1.29, 1.82) is 0 Å². The molecule has 0 aliphatic rings. The summed E-state index contributed by atoms with van der Waals surface area (Å²) >= 11 is 5.87. The molecule has 3 aromatic carbocycles. The van der Waals surface area contributed by atoms with Crippen molar-refractivity contribution in [2.24, 2.45) is 5.10 Å². The summed E-state index contributed by atoms with van der Waals surface area (Å²) in [6, 6.07) is 20.2. The molecule has 6 nitrogen and oxygen atoms in total. The molecule has 0 aliphatic heterocycles. The highest BCUT2D eigenvalue weighted by atomic mass is 35.5. The number of hydrogen-bond acceptors (Lipinski definition) is 4. The summed E-state index contributed by atoms with van der Waals surface area (Å²) in [6.07, 6.45) is 1.45. The molecule has 0 bridgehead atoms. The highest BCUT2D eigenvalue weighted by Crippen LogP contribution is 2.19. The first kappa shape index (κ1) is 22.1. The van der Waals surface area contributed by atoms with E-state index in [1.165, 1.54) is 6.21 Å². The maximum absolute atomic E-state index is 12.1. The summed E-state index contributed by atoms with van der Waals surface area (Å²) in [6.45, 7) is 4.15. The Labute approximate surface area is 185 Å². The highest BCUT2D eigenvalue weighted by Gasteiger charge is 2.15. The molecular formula is C24H22ClN3O3. The molecule has 158 valence electrons. The summed E-state index contributed by atoms with van der Waals surface area (Å²) in [4.78, 5) is 24.1. The molecule has 0 spiro atoms. The van der Waals surface area contributed by atoms with Crippen molar-refractivity contribution >= 4 is 35.3 Å². The normalized spacial score (nSPS) is 10.7. The number of nitrogens with one attached hydrogen (secondary N) is 2. The number of anilines is 1. The Hall–Kier alpha value is -3.64. The largest absolute Gasteiger partial charge is 0.489 e. The number of nitrogens with zero attached hydrogens (tertiary/aromatic N) is 1. The number of para-hydroxylation sites is 1. The number of ether oxygens (including phenoxy) is 1. The fraction of sp³-hybridized carbons (Fsp3) is 0.125. The van der Waals surface area contributed by atoms with Crippen LogP contribution in [0.15, 0.2) is 71.8 Å². The lowest BCUT2D eigenvalue weighted by Gasteiger charge is -2.10. The Morgan fingerprint density at radius 2 is 1.58 bits per heavy atom. The van der Waals surface area contributed by atoms with Crippen LogP contribution in [-0.2, 0) is 16.2 Å². The minimum atomic E-state index is -0.846. The van der Waals surface area contributed by atoms with Crippen molar-refractivity contribution in [3.63, 3.8) is 0 Å². The van der Waals surface area contributed by atoms with Crippen molar-refractivity contribution in [1.82, 2.24) is 5.43 Å². The Morgan fingerprint density at radius 1 is 0.935 bits per heavy atom. The summed E-state index contributed by atoms with van der Waals surface area (Å²) in [5.74, 6) is -0.925. The number of hydrazone groups is 1. The molecule has 0 saturated heterocycles. The number of rotatable bonds is 6. The molecule has 2 N–H and O–H groups in total. The fourth-order valence-electron chi connectivity index (χ4n) is 2.80. The number of aryl methyl sites for hydroxylation is 2. The van der Waals surface area contributed by atoms with E-state index in [0.29, 0.717) is 23.1 Å². The van der Waals surface area contributed by atoms with Crippen LogP contribution in [0.25, 0.3) is 0 Å². The summed E-state index contributed by atoms with van der Waals surface area (Å²) in [7, 11) is 0. The van der Waals surface area contributed by atoms with Crippen LogP contribution in [0.4, 0.5) is 5.69 Å². The third kappa shape index (κ3) is 6.42. The van der Waals surface area contributed by atoms with Crippen LogP contribution in [0.3, 0.4) is 0 Å². The molecule has 0 aromatic heterocycles. The summed E-state index contributed by atoms with van der Waals surface area (Å²) < 4.78 is 5.73. The quantitative estimate of drug-likeness (QED) is 0.336. The van der Waals surface area contributed by atoms with Crippen LogP contribution < -0.4 is 15.5 Å². The van der Waals surface area contributed by atoms with Crippen molar-refractivity contribution < 1.29 is 14.3 Å². The van der Waals surface area contributed by atoms with E-state index in [1.54, 1.807) is 24.3 Å². The molecule has 2 amide bonds. The number of carbonyl (C=O) groups excluding carboxylic acids is 2. The number of hydrogen-bond donors (Lipinski definition) is 2. The van der Waals surface area contributed by atoms with Gasteiger partial charge in [0.1, 0.15) is 12.4 Å². The van der Waals surface area contributed by atoms with E-state index in [1.807, 2.05) is 56.3 Å². The van der Waals surface area contributed by atoms with Crippen LogP contribution in [0, 0.1) is 13.8 Å². The zero-order valence-corrected chi connectivity index (χ0v) is 17.9. The fourth-order valence-corrected chi connectivity index (χ4v) is 2.92. The van der Waals surface area contributed by atoms with Gasteiger partial charge in [0.05, 0.1) is 6.21 Å². The lowest BCUT2D eigenvalue weighted by Crippen LogP contribution is -2.32. The van der Waals surface area contributed by atoms with Gasteiger partial charge >= 0.3 is 11.8 Å². The topological polar surface area (TPSA) is 79.8 Å². The van der Waals surface area contributed by atoms with E-state index in [-0.39, 0.29) is 0 Å². The minimum Gasteiger partial charge on any atom is -0.489 e. The van der Waals surface area contributed by atoms with E-state index in [4.69, 9.17) is 16.3 Å². The molecule has 0 fully saturated rings. The van der Waals surface area contributed by atoms with Crippen LogP contribution >= 0.6 is 11.6 Å². The van der Waals surface area contributed by atoms with Gasteiger partial charge in [-0.3, -0.25) is 9.59 Å². The van der Waals surface area contributed by atoms with Gasteiger partial charge in [-0.25, -0.2) is 5.43 Å². The molecule has 0 unspecified atom stereocenters. The maximum Gasteiger partial charge on any atom is 0.329 e. The van der Waals surface area contributed by atoms with Gasteiger partial charge in [-0.2, -0.15) is 5.10 Å². The monoisotopic (exact) mass is 435 g/mol. The zero-order chi connectivity index (χ0) is 22.2. The molecule has 0 radical (unpaired) electrons. The standard InChI is InChI=1S/C24H22ClN3O3/c1-16-4-3-5-17(2)22(16)27-23(29)24(30)28-26-14-18-8-12-21(13-9-18)31-15-19-6-10-20(25)11-7-19/h3-14H,15H2,1-2H3,(H,27,29)(H,28,30)/b26-14+. The van der Waals surface area contributed by atoms with Gasteiger partial charge in [0, 0.05) is 10.7 Å². The van der Waals surface area contributed by atoms with Gasteiger partial charge in [-0.05, 0) is 72.5 Å². The second-order valence-corrected chi connectivity index (χ2v) is 7.34. The van der Waals surface area contributed by atoms with Gasteiger partial charge in [-0.1, -0.05) is 41.9 Å². The van der Waals surface area contributed by atoms with Gasteiger partial charge in [0.15, 0.2) is 0 Å². The predicted molar refractivity (Wildman–Crippen MR) is 123 cm³/mol. The SMILES string of the molecule is Cc1cccc(C)c1NC(=O)C(=O)N/N=C/c1ccc(OCc2ccc(Cl)cc2)cc1. The van der Waals surface area contributed by atoms with Gasteiger partial charge in [-0.15, -0.1) is 0 Å². The van der Waals surface area contributed by atoms with Crippen molar-refractivity contribution in [3.8, 4) is 5.75 Å². The zero-order valence-electron chi connectivity index (χ0n) is 17.2. The second-order valence-electron chi connectivity index (χ2n) is 6.90. The molecule has 31 heavy (non-hydrogen) atoms. The Bertz CT molecular complexity index is 1070. The van der Waals surface area contributed by atoms with E-state index in [2.05, 4.69) is 15.8 Å². The highest BCUT2D eigenvalue weighted by molar-refractivity contribution is 6.39. The van der Waals surface area contributed by atoms with Crippen LogP contribution in [0.1, 0.15) is 22.3 Å². The number of benzene rings is 3. The van der Waals surface area contributed by atoms with E-state index >= 15 is 0 Å². The molecule has 0 saturated carbocycles. The van der Waals surface area contributed by atoms with Gasteiger partial charge in [0.2, 0.25) is 0 Å². The van der Waals surface area contributed by atoms with E-state index in [0.717, 1.165) is 22.3 Å². The van der Waals surface area contributed by atoms with E-state index in [9.17, 15) is 9.59 Å². The van der Waals surface area contributed by atoms with Crippen molar-refractivity contribution in [3.05, 3.63) is 94.0 Å². The van der Waals surface area contributed by atoms with Crippen LogP contribution in [0.5, 0.6) is 5.75 Å². The predicted octanol–water partition coefficient (Wildman–Crippen LogP) is 4.62. The van der Waals surface area contributed by atoms with Gasteiger partial charge < -0.3 is 10.1 Å². The third-order valence-corrected chi connectivity index (χ3v) is 4.76. The number of carbonyl (C=O) groups is 2. The first-order valence-corrected chi connectivity index (χ1v) is 9.98. The van der Waals surface area contributed by atoms with Crippen molar-refractivity contribution in [2.75, 3.05) is 5.32 Å². The summed E-state index contributed by atoms with van der Waals surface area (Å²) in [5.41, 5.74) is 6.37. The summed E-state index contributed by atoms with van der Waals surface area (Å²) in [5, 5.41) is 7.14. The van der Waals surface area contributed by atoms with Crippen molar-refractivity contribution in [2.45, 2.75) is 20.5 Å². The first-order chi connectivity index (χ1) is 14.9. The molecule has 3 rings (SSSR count). The Morgan fingerprint density at radius 3 is 2.23 bits per heavy atom. The van der Waals surface area contributed by atoms with E-state index < -0.39 is 11.8 Å². The minimum absolute atomic E-state index is 0.427. The smallest absolute Gasteiger partial charge is 0.329 e. The second kappa shape index (κ2) is 10.4. The average molecular weight is 436 g/mol. The Balaban J connectivity index is 1.49. The van der Waals surface area contributed by atoms with Gasteiger partial charge in [0.25, 0.3) is 0 Å². The average Bonchev–Trinajstić information content (AvgIpc) is 2.76. The third-order valence-electron chi connectivity index (χ3n) is 4.50. The molecule has 7 heteroatoms. The molecule has 0 aliphatic carbocycles. The number of halogens is 1. The molecule has 0 heterocycles. The first-order valence-electron chi connectivity index (χ1n) is 9.60. The maximum atomic E-state index is 12.1.